The van der Waals surface area contributed by atoms with Gasteiger partial charge in [0.15, 0.2) is 5.82 Å². The second kappa shape index (κ2) is 11.7. The number of hydrogen-bond donors (Lipinski definition) is 0. The van der Waals surface area contributed by atoms with Gasteiger partial charge in [-0.25, -0.2) is 9.97 Å². The van der Waals surface area contributed by atoms with Gasteiger partial charge in [-0.15, -0.1) is 0 Å². The molecule has 3 heterocycles. The van der Waals surface area contributed by atoms with Crippen LogP contribution in [0.5, 0.6) is 0 Å². The summed E-state index contributed by atoms with van der Waals surface area (Å²) in [5, 5.41) is 10.6. The van der Waals surface area contributed by atoms with Crippen molar-refractivity contribution < 1.29 is 0 Å². The Labute approximate surface area is 305 Å². The predicted molar refractivity (Wildman–Crippen MR) is 220 cm³/mol. The van der Waals surface area contributed by atoms with E-state index in [1.807, 2.05) is 12.3 Å². The first-order valence-electron chi connectivity index (χ1n) is 17.9. The highest BCUT2D eigenvalue weighted by atomic mass is 15.0. The molecule has 0 aliphatic heterocycles. The van der Waals surface area contributed by atoms with Crippen LogP contribution in [0.4, 0.5) is 0 Å². The van der Waals surface area contributed by atoms with Crippen LogP contribution in [-0.2, 0) is 0 Å². The zero-order valence-electron chi connectivity index (χ0n) is 28.6. The summed E-state index contributed by atoms with van der Waals surface area (Å²) in [7, 11) is 0. The molecule has 246 valence electrons. The monoisotopic (exact) mass is 674 g/mol. The summed E-state index contributed by atoms with van der Waals surface area (Å²) >= 11 is 0. The topological polar surface area (TPSA) is 43.6 Å². The maximum Gasteiger partial charge on any atom is 0.160 e. The van der Waals surface area contributed by atoms with E-state index >= 15 is 0 Å². The van der Waals surface area contributed by atoms with Crippen LogP contribution in [-0.4, -0.2) is 19.5 Å². The molecule has 53 heavy (non-hydrogen) atoms. The fourth-order valence-corrected chi connectivity index (χ4v) is 7.96. The van der Waals surface area contributed by atoms with Crippen LogP contribution in [0.2, 0.25) is 0 Å². The van der Waals surface area contributed by atoms with Gasteiger partial charge in [0.05, 0.1) is 27.9 Å². The van der Waals surface area contributed by atoms with E-state index in [-0.39, 0.29) is 0 Å². The number of fused-ring (bicyclic) bond motifs is 8. The zero-order valence-corrected chi connectivity index (χ0v) is 28.6. The number of pyridine rings is 1. The smallest absolute Gasteiger partial charge is 0.160 e. The van der Waals surface area contributed by atoms with Crippen molar-refractivity contribution in [2.24, 2.45) is 0 Å². The summed E-state index contributed by atoms with van der Waals surface area (Å²) in [4.78, 5) is 15.2. The van der Waals surface area contributed by atoms with Gasteiger partial charge in [-0.1, -0.05) is 121 Å². The maximum absolute atomic E-state index is 5.21. The fraction of sp³-hybridized carbons (Fsp3) is 0. The highest BCUT2D eigenvalue weighted by Gasteiger charge is 2.16. The van der Waals surface area contributed by atoms with E-state index < -0.39 is 0 Å². The van der Waals surface area contributed by atoms with Crippen LogP contribution in [0.1, 0.15) is 0 Å². The van der Waals surface area contributed by atoms with Gasteiger partial charge in [0, 0.05) is 44.7 Å². The lowest BCUT2D eigenvalue weighted by Crippen LogP contribution is -1.96. The second-order valence-corrected chi connectivity index (χ2v) is 13.7. The van der Waals surface area contributed by atoms with E-state index in [1.165, 1.54) is 37.8 Å². The summed E-state index contributed by atoms with van der Waals surface area (Å²) < 4.78 is 2.36. The highest BCUT2D eigenvalue weighted by Crippen LogP contribution is 2.37. The SMILES string of the molecule is c1ccc2cc(-c3cc(-c4ccc5cc(-n6c7ccccc7c7c8ncccc8ccc76)ccc5c4)nc(-c4ccc5ccccc5c4)n3)ccc2c1. The molecule has 11 rings (SSSR count). The number of hydrogen-bond acceptors (Lipinski definition) is 3. The molecule has 4 nitrogen and oxygen atoms in total. The van der Waals surface area contributed by atoms with Crippen molar-refractivity contribution in [1.29, 1.82) is 0 Å². The Morgan fingerprint density at radius 2 is 0.925 bits per heavy atom. The molecule has 0 N–H and O–H groups in total. The molecule has 8 aromatic carbocycles. The Bertz CT molecular complexity index is 3150. The van der Waals surface area contributed by atoms with Crippen LogP contribution in [0.15, 0.2) is 182 Å². The molecule has 0 unspecified atom stereocenters. The third-order valence-electron chi connectivity index (χ3n) is 10.6. The molecule has 0 spiro atoms. The standard InChI is InChI=1S/C49H30N4/c1-3-10-34-26-38(18-15-31(34)8-1)43-30-44(52-49(51-43)40-20-16-32-9-2-4-11-35(32)28-40)39-19-17-37-29-41(23-21-36(37)27-39)53-45-14-6-5-13-42(45)47-46(53)24-22-33-12-7-25-50-48(33)47/h1-30H. The van der Waals surface area contributed by atoms with Crippen molar-refractivity contribution in [3.05, 3.63) is 182 Å². The Hall–Kier alpha value is -7.17. The van der Waals surface area contributed by atoms with Gasteiger partial charge in [-0.3, -0.25) is 4.98 Å². The van der Waals surface area contributed by atoms with Crippen molar-refractivity contribution in [2.45, 2.75) is 0 Å². The molecule has 4 heteroatoms. The molecule has 0 aliphatic carbocycles. The third kappa shape index (κ3) is 4.88. The number of benzene rings is 8. The molecule has 3 aromatic heterocycles. The number of aromatic nitrogens is 4. The molecular formula is C49H30N4. The largest absolute Gasteiger partial charge is 0.309 e. The van der Waals surface area contributed by atoms with Gasteiger partial charge < -0.3 is 4.57 Å². The zero-order chi connectivity index (χ0) is 34.9. The Balaban J connectivity index is 1.06. The van der Waals surface area contributed by atoms with Gasteiger partial charge >= 0.3 is 0 Å². The lowest BCUT2D eigenvalue weighted by atomic mass is 10.0. The Kier molecular flexibility index (Phi) is 6.52. The molecule has 0 saturated carbocycles. The molecule has 0 radical (unpaired) electrons. The minimum atomic E-state index is 0.709. The minimum absolute atomic E-state index is 0.709. The lowest BCUT2D eigenvalue weighted by molar-refractivity contribution is 1.18. The first kappa shape index (κ1) is 29.5. The molecule has 0 amide bonds. The van der Waals surface area contributed by atoms with Crippen LogP contribution in [0, 0.1) is 0 Å². The summed E-state index contributed by atoms with van der Waals surface area (Å²) in [5.74, 6) is 0.709. The minimum Gasteiger partial charge on any atom is -0.309 e. The third-order valence-corrected chi connectivity index (χ3v) is 10.6. The van der Waals surface area contributed by atoms with Crippen molar-refractivity contribution in [2.75, 3.05) is 0 Å². The van der Waals surface area contributed by atoms with Gasteiger partial charge in [0.25, 0.3) is 0 Å². The molecule has 0 fully saturated rings. The predicted octanol–water partition coefficient (Wildman–Crippen LogP) is 12.6. The van der Waals surface area contributed by atoms with E-state index in [0.29, 0.717) is 5.82 Å². The van der Waals surface area contributed by atoms with Gasteiger partial charge in [-0.05, 0) is 86.9 Å². The lowest BCUT2D eigenvalue weighted by Gasteiger charge is -2.12. The molecule has 0 atom stereocenters. The van der Waals surface area contributed by atoms with Crippen LogP contribution in [0.25, 0.3) is 105 Å². The molecule has 11 aromatic rings. The van der Waals surface area contributed by atoms with Crippen molar-refractivity contribution in [3.8, 4) is 39.6 Å². The van der Waals surface area contributed by atoms with Crippen molar-refractivity contribution >= 4 is 65.0 Å². The Morgan fingerprint density at radius 1 is 0.377 bits per heavy atom. The van der Waals surface area contributed by atoms with Gasteiger partial charge in [0.2, 0.25) is 0 Å². The summed E-state index contributed by atoms with van der Waals surface area (Å²) in [6.45, 7) is 0. The maximum atomic E-state index is 5.21. The van der Waals surface area contributed by atoms with Crippen molar-refractivity contribution in [1.82, 2.24) is 19.5 Å². The van der Waals surface area contributed by atoms with Crippen LogP contribution >= 0.6 is 0 Å². The molecule has 0 saturated heterocycles. The first-order chi connectivity index (χ1) is 26.2. The molecule has 0 aliphatic rings. The van der Waals surface area contributed by atoms with Gasteiger partial charge in [-0.2, -0.15) is 0 Å². The van der Waals surface area contributed by atoms with E-state index in [4.69, 9.17) is 15.0 Å². The molecular weight excluding hydrogens is 645 g/mol. The van der Waals surface area contributed by atoms with E-state index in [0.717, 1.165) is 61.0 Å². The molecule has 0 bridgehead atoms. The summed E-state index contributed by atoms with van der Waals surface area (Å²) in [5.41, 5.74) is 9.35. The summed E-state index contributed by atoms with van der Waals surface area (Å²) in [6.07, 6.45) is 1.88. The quantitative estimate of drug-likeness (QED) is 0.187. The van der Waals surface area contributed by atoms with Crippen LogP contribution in [0.3, 0.4) is 0 Å². The van der Waals surface area contributed by atoms with E-state index in [9.17, 15) is 0 Å². The summed E-state index contributed by atoms with van der Waals surface area (Å²) in [6, 6.07) is 62.6. The average molecular weight is 675 g/mol. The van der Waals surface area contributed by atoms with Gasteiger partial charge in [0.1, 0.15) is 0 Å². The van der Waals surface area contributed by atoms with E-state index in [1.54, 1.807) is 0 Å². The number of para-hydroxylation sites is 1. The number of nitrogens with zero attached hydrogens (tertiary/aromatic N) is 4. The Morgan fingerprint density at radius 3 is 1.68 bits per heavy atom. The first-order valence-corrected chi connectivity index (χ1v) is 17.9. The van der Waals surface area contributed by atoms with E-state index in [2.05, 4.69) is 174 Å². The number of rotatable bonds is 4. The van der Waals surface area contributed by atoms with Crippen molar-refractivity contribution in [3.63, 3.8) is 0 Å². The normalized spacial score (nSPS) is 11.8. The average Bonchev–Trinajstić information content (AvgIpc) is 3.57. The second-order valence-electron chi connectivity index (χ2n) is 13.7. The van der Waals surface area contributed by atoms with Crippen LogP contribution < -0.4 is 0 Å². The highest BCUT2D eigenvalue weighted by molar-refractivity contribution is 6.20. The fourth-order valence-electron chi connectivity index (χ4n) is 7.96.